The number of hydrogen-bond donors (Lipinski definition) is 0. The molecule has 0 N–H and O–H groups in total. The van der Waals surface area contributed by atoms with Crippen LogP contribution in [0.4, 0.5) is 5.82 Å². The number of thioether (sulfide) groups is 1. The zero-order valence-electron chi connectivity index (χ0n) is 8.66. The topological polar surface area (TPSA) is 29.0 Å². The third-order valence-electron chi connectivity index (χ3n) is 2.43. The molecule has 14 heavy (non-hydrogen) atoms. The molecule has 1 saturated heterocycles. The van der Waals surface area contributed by atoms with Crippen molar-refractivity contribution in [2.24, 2.45) is 0 Å². The summed E-state index contributed by atoms with van der Waals surface area (Å²) in [7, 11) is 0. The molecule has 0 bridgehead atoms. The molecule has 1 aromatic rings. The maximum absolute atomic E-state index is 4.51. The first-order chi connectivity index (χ1) is 6.79. The summed E-state index contributed by atoms with van der Waals surface area (Å²) in [4.78, 5) is 11.2. The molecule has 0 atom stereocenters. The molecule has 1 fully saturated rings. The smallest absolute Gasteiger partial charge is 0.189 e. The van der Waals surface area contributed by atoms with Gasteiger partial charge in [0.2, 0.25) is 0 Å². The van der Waals surface area contributed by atoms with E-state index in [1.165, 1.54) is 12.8 Å². The second-order valence-electron chi connectivity index (χ2n) is 3.55. The fraction of sp³-hybridized carbons (Fsp3) is 0.600. The fourth-order valence-corrected chi connectivity index (χ4v) is 2.14. The highest BCUT2D eigenvalue weighted by atomic mass is 32.2. The lowest BCUT2D eigenvalue weighted by Gasteiger charge is -2.16. The lowest BCUT2D eigenvalue weighted by molar-refractivity contribution is 0.864. The predicted octanol–water partition coefficient (Wildman–Crippen LogP) is 2.11. The van der Waals surface area contributed by atoms with Crippen LogP contribution >= 0.6 is 11.8 Å². The van der Waals surface area contributed by atoms with E-state index < -0.39 is 0 Å². The van der Waals surface area contributed by atoms with E-state index in [4.69, 9.17) is 0 Å². The molecule has 1 aliphatic heterocycles. The molecule has 0 aromatic carbocycles. The van der Waals surface area contributed by atoms with Crippen molar-refractivity contribution in [2.45, 2.75) is 24.9 Å². The summed E-state index contributed by atoms with van der Waals surface area (Å²) in [5, 5.41) is 0.881. The van der Waals surface area contributed by atoms with Gasteiger partial charge in [-0.15, -0.1) is 0 Å². The van der Waals surface area contributed by atoms with Gasteiger partial charge in [0.05, 0.1) is 0 Å². The molecule has 0 amide bonds. The summed E-state index contributed by atoms with van der Waals surface area (Å²) >= 11 is 1.61. The zero-order chi connectivity index (χ0) is 9.97. The van der Waals surface area contributed by atoms with Crippen molar-refractivity contribution in [1.82, 2.24) is 9.97 Å². The van der Waals surface area contributed by atoms with Crippen LogP contribution in [-0.4, -0.2) is 29.3 Å². The molecule has 2 rings (SSSR count). The third kappa shape index (κ3) is 2.00. The van der Waals surface area contributed by atoms with Crippen molar-refractivity contribution in [2.75, 3.05) is 24.2 Å². The minimum atomic E-state index is 0.881. The van der Waals surface area contributed by atoms with Crippen LogP contribution in [0.2, 0.25) is 0 Å². The number of hydrogen-bond acceptors (Lipinski definition) is 4. The van der Waals surface area contributed by atoms with Crippen LogP contribution in [0.1, 0.15) is 18.5 Å². The van der Waals surface area contributed by atoms with Crippen LogP contribution in [0.5, 0.6) is 0 Å². The Hall–Kier alpha value is -0.770. The second kappa shape index (κ2) is 4.17. The van der Waals surface area contributed by atoms with Crippen LogP contribution in [-0.2, 0) is 0 Å². The van der Waals surface area contributed by atoms with E-state index in [-0.39, 0.29) is 0 Å². The number of aryl methyl sites for hydroxylation is 1. The standard InChI is InChI=1S/C10H15N3S/c1-8-7-9(12-10(11-8)14-2)13-5-3-4-6-13/h7H,3-6H2,1-2H3. The average molecular weight is 209 g/mol. The second-order valence-corrected chi connectivity index (χ2v) is 4.32. The predicted molar refractivity (Wildman–Crippen MR) is 60.0 cm³/mol. The lowest BCUT2D eigenvalue weighted by atomic mass is 10.4. The van der Waals surface area contributed by atoms with Gasteiger partial charge >= 0.3 is 0 Å². The molecule has 1 aliphatic rings. The highest BCUT2D eigenvalue weighted by Crippen LogP contribution is 2.20. The number of rotatable bonds is 2. The Balaban J connectivity index is 2.27. The van der Waals surface area contributed by atoms with Crippen molar-refractivity contribution in [3.63, 3.8) is 0 Å². The summed E-state index contributed by atoms with van der Waals surface area (Å²) in [6.07, 6.45) is 4.60. The largest absolute Gasteiger partial charge is 0.356 e. The van der Waals surface area contributed by atoms with E-state index >= 15 is 0 Å². The highest BCUT2D eigenvalue weighted by molar-refractivity contribution is 7.98. The molecule has 4 heteroatoms. The SMILES string of the molecule is CSc1nc(C)cc(N2CCCC2)n1. The van der Waals surface area contributed by atoms with Gasteiger partial charge in [0.25, 0.3) is 0 Å². The van der Waals surface area contributed by atoms with E-state index in [0.29, 0.717) is 0 Å². The Morgan fingerprint density at radius 1 is 1.29 bits per heavy atom. The van der Waals surface area contributed by atoms with E-state index in [9.17, 15) is 0 Å². The maximum atomic E-state index is 4.51. The Kier molecular flexibility index (Phi) is 2.91. The first-order valence-electron chi connectivity index (χ1n) is 4.94. The van der Waals surface area contributed by atoms with Gasteiger partial charge in [0, 0.05) is 24.8 Å². The average Bonchev–Trinajstić information content (AvgIpc) is 2.69. The quantitative estimate of drug-likeness (QED) is 0.551. The van der Waals surface area contributed by atoms with Gasteiger partial charge in [-0.3, -0.25) is 0 Å². The molecular weight excluding hydrogens is 194 g/mol. The first kappa shape index (κ1) is 9.77. The lowest BCUT2D eigenvalue weighted by Crippen LogP contribution is -2.19. The van der Waals surface area contributed by atoms with Crippen LogP contribution in [0.3, 0.4) is 0 Å². The number of anilines is 1. The van der Waals surface area contributed by atoms with Crippen LogP contribution in [0.15, 0.2) is 11.2 Å². The molecule has 1 aromatic heterocycles. The van der Waals surface area contributed by atoms with Gasteiger partial charge in [-0.2, -0.15) is 0 Å². The molecule has 2 heterocycles. The monoisotopic (exact) mass is 209 g/mol. The molecule has 0 spiro atoms. The van der Waals surface area contributed by atoms with E-state index in [1.807, 2.05) is 13.2 Å². The minimum absolute atomic E-state index is 0.881. The fourth-order valence-electron chi connectivity index (χ4n) is 1.72. The van der Waals surface area contributed by atoms with Crippen LogP contribution in [0, 0.1) is 6.92 Å². The molecular formula is C10H15N3S. The van der Waals surface area contributed by atoms with E-state index in [2.05, 4.69) is 20.9 Å². The summed E-state index contributed by atoms with van der Waals surface area (Å²) in [5.41, 5.74) is 1.06. The normalized spacial score (nSPS) is 16.3. The summed E-state index contributed by atoms with van der Waals surface area (Å²) in [6.45, 7) is 4.31. The van der Waals surface area contributed by atoms with Crippen molar-refractivity contribution in [3.8, 4) is 0 Å². The van der Waals surface area contributed by atoms with Gasteiger partial charge in [0.1, 0.15) is 5.82 Å². The van der Waals surface area contributed by atoms with E-state index in [1.54, 1.807) is 11.8 Å². The summed E-state index contributed by atoms with van der Waals surface area (Å²) in [6, 6.07) is 2.07. The van der Waals surface area contributed by atoms with Crippen molar-refractivity contribution in [1.29, 1.82) is 0 Å². The van der Waals surface area contributed by atoms with Gasteiger partial charge in [-0.25, -0.2) is 9.97 Å². The van der Waals surface area contributed by atoms with Crippen molar-refractivity contribution < 1.29 is 0 Å². The van der Waals surface area contributed by atoms with Crippen molar-refractivity contribution >= 4 is 17.6 Å². The number of aromatic nitrogens is 2. The Bertz CT molecular complexity index is 321. The number of nitrogens with zero attached hydrogens (tertiary/aromatic N) is 3. The van der Waals surface area contributed by atoms with Crippen molar-refractivity contribution in [3.05, 3.63) is 11.8 Å². The summed E-state index contributed by atoms with van der Waals surface area (Å²) in [5.74, 6) is 1.10. The molecule has 0 radical (unpaired) electrons. The Morgan fingerprint density at radius 3 is 2.64 bits per heavy atom. The molecule has 76 valence electrons. The first-order valence-corrected chi connectivity index (χ1v) is 6.16. The molecule has 0 saturated carbocycles. The van der Waals surface area contributed by atoms with Gasteiger partial charge in [-0.05, 0) is 26.0 Å². The van der Waals surface area contributed by atoms with E-state index in [0.717, 1.165) is 29.8 Å². The van der Waals surface area contributed by atoms with Gasteiger partial charge in [-0.1, -0.05) is 11.8 Å². The highest BCUT2D eigenvalue weighted by Gasteiger charge is 2.14. The van der Waals surface area contributed by atoms with Crippen LogP contribution < -0.4 is 4.90 Å². The summed E-state index contributed by atoms with van der Waals surface area (Å²) < 4.78 is 0. The molecule has 3 nitrogen and oxygen atoms in total. The molecule has 0 unspecified atom stereocenters. The molecule has 0 aliphatic carbocycles. The maximum Gasteiger partial charge on any atom is 0.189 e. The Morgan fingerprint density at radius 2 is 2.00 bits per heavy atom. The zero-order valence-corrected chi connectivity index (χ0v) is 9.47. The third-order valence-corrected chi connectivity index (χ3v) is 2.98. The minimum Gasteiger partial charge on any atom is -0.356 e. The van der Waals surface area contributed by atoms with Gasteiger partial charge in [0.15, 0.2) is 5.16 Å². The Labute approximate surface area is 88.9 Å². The van der Waals surface area contributed by atoms with Crippen LogP contribution in [0.25, 0.3) is 0 Å². The van der Waals surface area contributed by atoms with Gasteiger partial charge < -0.3 is 4.90 Å².